The fourth-order valence-corrected chi connectivity index (χ4v) is 3.22. The molecule has 1 fully saturated rings. The number of benzene rings is 1. The first-order valence-electron chi connectivity index (χ1n) is 6.21. The summed E-state index contributed by atoms with van der Waals surface area (Å²) in [6, 6.07) is 4.91. The molecule has 0 amide bonds. The van der Waals surface area contributed by atoms with Crippen molar-refractivity contribution in [3.63, 3.8) is 0 Å². The van der Waals surface area contributed by atoms with Crippen LogP contribution >= 0.6 is 15.9 Å². The van der Waals surface area contributed by atoms with Crippen molar-refractivity contribution in [1.29, 1.82) is 0 Å². The average Bonchev–Trinajstić information content (AvgIpc) is 2.23. The Kier molecular flexibility index (Phi) is 4.10. The van der Waals surface area contributed by atoms with Crippen LogP contribution in [-0.2, 0) is 4.74 Å². The van der Waals surface area contributed by atoms with Crippen LogP contribution in [0.15, 0.2) is 16.6 Å². The Morgan fingerprint density at radius 3 is 2.76 bits per heavy atom. The van der Waals surface area contributed by atoms with Crippen LogP contribution in [0.4, 0.5) is 5.69 Å². The monoisotopic (exact) mass is 297 g/mol. The second-order valence-electron chi connectivity index (χ2n) is 4.99. The number of rotatable bonds is 2. The fraction of sp³-hybridized carbons (Fsp3) is 0.571. The first-order chi connectivity index (χ1) is 8.06. The lowest BCUT2D eigenvalue weighted by Gasteiger charge is -2.29. The zero-order valence-corrected chi connectivity index (χ0v) is 12.3. The first kappa shape index (κ1) is 12.9. The van der Waals surface area contributed by atoms with E-state index in [-0.39, 0.29) is 0 Å². The highest BCUT2D eigenvalue weighted by atomic mass is 79.9. The number of aryl methyl sites for hydroxylation is 2. The summed E-state index contributed by atoms with van der Waals surface area (Å²) in [5.74, 6) is 0. The smallest absolute Gasteiger partial charge is 0.0566 e. The third kappa shape index (κ3) is 3.23. The maximum atomic E-state index is 5.57. The Hall–Kier alpha value is -0.540. The van der Waals surface area contributed by atoms with Gasteiger partial charge in [0, 0.05) is 17.1 Å². The van der Waals surface area contributed by atoms with Gasteiger partial charge in [-0.15, -0.1) is 0 Å². The minimum Gasteiger partial charge on any atom is -0.381 e. The number of hydrogen-bond donors (Lipinski definition) is 1. The molecule has 2 unspecified atom stereocenters. The van der Waals surface area contributed by atoms with E-state index in [0.717, 1.165) is 23.9 Å². The van der Waals surface area contributed by atoms with Gasteiger partial charge in [-0.3, -0.25) is 0 Å². The number of nitrogens with one attached hydrogen (secondary N) is 1. The average molecular weight is 298 g/mol. The van der Waals surface area contributed by atoms with Gasteiger partial charge in [0.05, 0.1) is 11.8 Å². The van der Waals surface area contributed by atoms with E-state index < -0.39 is 0 Å². The highest BCUT2D eigenvalue weighted by molar-refractivity contribution is 9.10. The van der Waals surface area contributed by atoms with Gasteiger partial charge in [-0.05, 0) is 66.7 Å². The molecule has 1 aromatic carbocycles. The molecule has 0 radical (unpaired) electrons. The number of anilines is 1. The highest BCUT2D eigenvalue weighted by Gasteiger charge is 2.20. The summed E-state index contributed by atoms with van der Waals surface area (Å²) in [5, 5.41) is 3.65. The quantitative estimate of drug-likeness (QED) is 0.889. The van der Waals surface area contributed by atoms with E-state index in [2.05, 4.69) is 54.2 Å². The van der Waals surface area contributed by atoms with Crippen molar-refractivity contribution in [2.75, 3.05) is 11.9 Å². The molecule has 0 spiro atoms. The maximum absolute atomic E-state index is 5.57. The van der Waals surface area contributed by atoms with Crippen molar-refractivity contribution < 1.29 is 4.74 Å². The molecule has 1 heterocycles. The van der Waals surface area contributed by atoms with Gasteiger partial charge in [-0.2, -0.15) is 0 Å². The zero-order valence-electron chi connectivity index (χ0n) is 10.7. The normalized spacial score (nSPS) is 24.7. The van der Waals surface area contributed by atoms with Gasteiger partial charge in [0.2, 0.25) is 0 Å². The van der Waals surface area contributed by atoms with Gasteiger partial charge in [0.1, 0.15) is 0 Å². The molecular formula is C14H20BrNO. The summed E-state index contributed by atoms with van der Waals surface area (Å²) in [5.41, 5.74) is 3.82. The molecule has 0 aliphatic carbocycles. The summed E-state index contributed by atoms with van der Waals surface area (Å²) in [6.45, 7) is 7.28. The Morgan fingerprint density at radius 1 is 1.35 bits per heavy atom. The maximum Gasteiger partial charge on any atom is 0.0566 e. The summed E-state index contributed by atoms with van der Waals surface area (Å²) >= 11 is 3.65. The molecule has 0 aromatic heterocycles. The van der Waals surface area contributed by atoms with E-state index in [1.54, 1.807) is 0 Å². The summed E-state index contributed by atoms with van der Waals surface area (Å²) < 4.78 is 6.73. The molecule has 3 heteroatoms. The largest absolute Gasteiger partial charge is 0.381 e. The highest BCUT2D eigenvalue weighted by Crippen LogP contribution is 2.30. The van der Waals surface area contributed by atoms with Crippen LogP contribution in [0.2, 0.25) is 0 Å². The number of ether oxygens (including phenoxy) is 1. The fourth-order valence-electron chi connectivity index (χ4n) is 2.43. The lowest BCUT2D eigenvalue weighted by atomic mass is 10.0. The SMILES string of the molecule is Cc1cc(C)c(NC2CCOC(C)C2)c(Br)c1. The molecule has 1 aliphatic rings. The molecule has 1 aliphatic heterocycles. The van der Waals surface area contributed by atoms with E-state index in [4.69, 9.17) is 4.74 Å². The topological polar surface area (TPSA) is 21.3 Å². The van der Waals surface area contributed by atoms with Crippen LogP contribution in [0.1, 0.15) is 30.9 Å². The molecule has 2 nitrogen and oxygen atoms in total. The van der Waals surface area contributed by atoms with Gasteiger partial charge < -0.3 is 10.1 Å². The van der Waals surface area contributed by atoms with E-state index in [0.29, 0.717) is 12.1 Å². The van der Waals surface area contributed by atoms with Crippen molar-refractivity contribution >= 4 is 21.6 Å². The zero-order chi connectivity index (χ0) is 12.4. The van der Waals surface area contributed by atoms with Crippen LogP contribution in [0, 0.1) is 13.8 Å². The molecule has 2 atom stereocenters. The molecule has 0 saturated carbocycles. The molecular weight excluding hydrogens is 278 g/mol. The third-order valence-electron chi connectivity index (χ3n) is 3.27. The summed E-state index contributed by atoms with van der Waals surface area (Å²) in [6.07, 6.45) is 2.54. The third-order valence-corrected chi connectivity index (χ3v) is 3.89. The van der Waals surface area contributed by atoms with E-state index >= 15 is 0 Å². The van der Waals surface area contributed by atoms with Crippen LogP contribution in [0.3, 0.4) is 0 Å². The Labute approximate surface area is 112 Å². The second kappa shape index (κ2) is 5.40. The van der Waals surface area contributed by atoms with Crippen LogP contribution in [-0.4, -0.2) is 18.8 Å². The van der Waals surface area contributed by atoms with Gasteiger partial charge in [0.15, 0.2) is 0 Å². The molecule has 17 heavy (non-hydrogen) atoms. The Bertz CT molecular complexity index is 382. The van der Waals surface area contributed by atoms with Gasteiger partial charge in [-0.25, -0.2) is 0 Å². The number of halogens is 1. The van der Waals surface area contributed by atoms with E-state index in [1.807, 2.05) is 0 Å². The van der Waals surface area contributed by atoms with Crippen molar-refractivity contribution in [3.8, 4) is 0 Å². The minimum atomic E-state index is 0.366. The molecule has 1 saturated heterocycles. The Morgan fingerprint density at radius 2 is 2.12 bits per heavy atom. The lowest BCUT2D eigenvalue weighted by molar-refractivity contribution is 0.0232. The first-order valence-corrected chi connectivity index (χ1v) is 7.00. The predicted molar refractivity (Wildman–Crippen MR) is 75.7 cm³/mol. The van der Waals surface area contributed by atoms with E-state index in [9.17, 15) is 0 Å². The van der Waals surface area contributed by atoms with E-state index in [1.165, 1.54) is 16.8 Å². The molecule has 1 aromatic rings. The number of hydrogen-bond acceptors (Lipinski definition) is 2. The van der Waals surface area contributed by atoms with Crippen LogP contribution in [0.5, 0.6) is 0 Å². The lowest BCUT2D eigenvalue weighted by Crippen LogP contribution is -2.32. The van der Waals surface area contributed by atoms with Crippen molar-refractivity contribution in [3.05, 3.63) is 27.7 Å². The summed E-state index contributed by atoms with van der Waals surface area (Å²) in [7, 11) is 0. The standard InChI is InChI=1S/C14H20BrNO/c1-9-6-10(2)14(13(15)7-9)16-12-4-5-17-11(3)8-12/h6-7,11-12,16H,4-5,8H2,1-3H3. The second-order valence-corrected chi connectivity index (χ2v) is 5.84. The van der Waals surface area contributed by atoms with Gasteiger partial charge >= 0.3 is 0 Å². The van der Waals surface area contributed by atoms with Gasteiger partial charge in [-0.1, -0.05) is 6.07 Å². The van der Waals surface area contributed by atoms with Crippen molar-refractivity contribution in [2.24, 2.45) is 0 Å². The molecule has 94 valence electrons. The Balaban J connectivity index is 2.12. The van der Waals surface area contributed by atoms with Crippen molar-refractivity contribution in [2.45, 2.75) is 45.8 Å². The van der Waals surface area contributed by atoms with Crippen molar-refractivity contribution in [1.82, 2.24) is 0 Å². The predicted octanol–water partition coefficient (Wildman–Crippen LogP) is 4.05. The molecule has 0 bridgehead atoms. The van der Waals surface area contributed by atoms with Crippen LogP contribution < -0.4 is 5.32 Å². The van der Waals surface area contributed by atoms with Gasteiger partial charge in [0.25, 0.3) is 0 Å². The summed E-state index contributed by atoms with van der Waals surface area (Å²) in [4.78, 5) is 0. The molecule has 2 rings (SSSR count). The molecule has 1 N–H and O–H groups in total. The van der Waals surface area contributed by atoms with Crippen LogP contribution in [0.25, 0.3) is 0 Å². The minimum absolute atomic E-state index is 0.366.